The predicted molar refractivity (Wildman–Crippen MR) is 356 cm³/mol. The number of amides is 1. The van der Waals surface area contributed by atoms with E-state index in [0.29, 0.717) is 12.8 Å². The normalized spacial score (nSPS) is 18.8. The van der Waals surface area contributed by atoms with Crippen LogP contribution in [0.3, 0.4) is 0 Å². The first-order valence-corrected chi connectivity index (χ1v) is 35.7. The summed E-state index contributed by atoms with van der Waals surface area (Å²) in [7, 11) is 0. The minimum absolute atomic E-state index is 0.114. The molecule has 494 valence electrons. The van der Waals surface area contributed by atoms with E-state index in [9.17, 15) is 35.1 Å². The first-order chi connectivity index (χ1) is 41.7. The van der Waals surface area contributed by atoms with Crippen LogP contribution < -0.4 is 5.32 Å². The number of rotatable bonds is 61. The first kappa shape index (κ1) is 80.1. The average Bonchev–Trinajstić information content (AvgIpc) is 2.91. The fraction of sp³-hybridized carbons (Fsp3) is 0.811. The molecule has 0 saturated carbocycles. The molecule has 0 aliphatic carbocycles. The molecule has 6 N–H and O–H groups in total. The molecular weight excluding hydrogens is 1060 g/mol. The van der Waals surface area contributed by atoms with Gasteiger partial charge in [0.2, 0.25) is 5.91 Å². The fourth-order valence-electron chi connectivity index (χ4n) is 10.9. The van der Waals surface area contributed by atoms with Crippen molar-refractivity contribution in [1.29, 1.82) is 0 Å². The number of allylic oxidation sites excluding steroid dienone is 11. The molecule has 0 aromatic rings. The molecule has 8 atom stereocenters. The van der Waals surface area contributed by atoms with Crippen LogP contribution in [0, 0.1) is 0 Å². The Hall–Kier alpha value is -2.90. The third-order valence-electron chi connectivity index (χ3n) is 16.6. The highest BCUT2D eigenvalue weighted by Gasteiger charge is 2.47. The summed E-state index contributed by atoms with van der Waals surface area (Å²) >= 11 is 0. The first-order valence-electron chi connectivity index (χ1n) is 35.7. The molecule has 1 fully saturated rings. The third-order valence-corrected chi connectivity index (χ3v) is 16.6. The van der Waals surface area contributed by atoms with Crippen molar-refractivity contribution in [2.45, 2.75) is 372 Å². The molecule has 0 aromatic carbocycles. The number of carbonyl (C=O) groups excluding carboxylic acids is 2. The SMILES string of the molecule is CCCCC/C=C\C/C=C\C/C=C\CCCCCCCCCCC(=O)OC1C(OCC(NC(=O)C(O)CCCCCCCCCCCCCCCC/C=C\C/C=C\CCCCC)C(O)/C=C/CCCCCCCCCCC)OC(CO)C(O)C1O. The van der Waals surface area contributed by atoms with E-state index >= 15 is 0 Å². The fourth-order valence-corrected chi connectivity index (χ4v) is 10.9. The number of nitrogens with one attached hydrogen (secondary N) is 1. The van der Waals surface area contributed by atoms with E-state index in [1.807, 2.05) is 6.08 Å². The molecule has 0 aromatic heterocycles. The number of aliphatic hydroxyl groups is 5. The van der Waals surface area contributed by atoms with E-state index in [1.165, 1.54) is 186 Å². The van der Waals surface area contributed by atoms with E-state index in [4.69, 9.17) is 14.2 Å². The Morgan fingerprint density at radius 1 is 0.459 bits per heavy atom. The molecule has 0 spiro atoms. The highest BCUT2D eigenvalue weighted by Crippen LogP contribution is 2.26. The van der Waals surface area contributed by atoms with Gasteiger partial charge in [-0.3, -0.25) is 9.59 Å². The van der Waals surface area contributed by atoms with Crippen molar-refractivity contribution in [1.82, 2.24) is 5.32 Å². The van der Waals surface area contributed by atoms with Gasteiger partial charge in [0.25, 0.3) is 0 Å². The smallest absolute Gasteiger partial charge is 0.306 e. The maximum absolute atomic E-state index is 13.5. The summed E-state index contributed by atoms with van der Waals surface area (Å²) in [5.74, 6) is -1.20. The molecule has 8 unspecified atom stereocenters. The summed E-state index contributed by atoms with van der Waals surface area (Å²) in [5, 5.41) is 57.2. The Balaban J connectivity index is 2.56. The second kappa shape index (κ2) is 61.3. The number of ether oxygens (including phenoxy) is 3. The minimum Gasteiger partial charge on any atom is -0.454 e. The zero-order chi connectivity index (χ0) is 61.7. The number of carbonyl (C=O) groups is 2. The lowest BCUT2D eigenvalue weighted by Gasteiger charge is -2.41. The summed E-state index contributed by atoms with van der Waals surface area (Å²) in [5.41, 5.74) is 0. The lowest BCUT2D eigenvalue weighted by atomic mass is 9.99. The molecule has 1 amide bonds. The van der Waals surface area contributed by atoms with E-state index < -0.39 is 67.4 Å². The quantitative estimate of drug-likeness (QED) is 0.0195. The Bertz CT molecular complexity index is 1660. The van der Waals surface area contributed by atoms with Gasteiger partial charge in [-0.25, -0.2) is 0 Å². The zero-order valence-corrected chi connectivity index (χ0v) is 55.0. The predicted octanol–water partition coefficient (Wildman–Crippen LogP) is 18.3. The second-order valence-corrected chi connectivity index (χ2v) is 24.6. The summed E-state index contributed by atoms with van der Waals surface area (Å²) in [6.45, 7) is 5.76. The van der Waals surface area contributed by atoms with Crippen LogP contribution in [0.2, 0.25) is 0 Å². The Kier molecular flexibility index (Phi) is 57.8. The van der Waals surface area contributed by atoms with Crippen LogP contribution in [0.4, 0.5) is 0 Å². The van der Waals surface area contributed by atoms with E-state index in [0.717, 1.165) is 89.9 Å². The summed E-state index contributed by atoms with van der Waals surface area (Å²) in [6.07, 6.45) is 69.4. The number of esters is 1. The molecule has 11 heteroatoms. The highest BCUT2D eigenvalue weighted by atomic mass is 16.7. The van der Waals surface area contributed by atoms with Crippen LogP contribution in [0.15, 0.2) is 72.9 Å². The second-order valence-electron chi connectivity index (χ2n) is 24.6. The maximum atomic E-state index is 13.5. The van der Waals surface area contributed by atoms with Crippen molar-refractivity contribution >= 4 is 11.9 Å². The lowest BCUT2D eigenvalue weighted by molar-refractivity contribution is -0.305. The van der Waals surface area contributed by atoms with Crippen molar-refractivity contribution in [2.75, 3.05) is 13.2 Å². The van der Waals surface area contributed by atoms with Gasteiger partial charge in [-0.1, -0.05) is 293 Å². The van der Waals surface area contributed by atoms with Crippen LogP contribution in [-0.4, -0.2) is 99.6 Å². The number of hydrogen-bond acceptors (Lipinski definition) is 10. The van der Waals surface area contributed by atoms with Crippen LogP contribution in [0.1, 0.15) is 323 Å². The summed E-state index contributed by atoms with van der Waals surface area (Å²) in [6, 6.07) is -1.03. The Morgan fingerprint density at radius 2 is 0.812 bits per heavy atom. The van der Waals surface area contributed by atoms with Gasteiger partial charge in [0.1, 0.15) is 24.4 Å². The molecule has 1 aliphatic rings. The summed E-state index contributed by atoms with van der Waals surface area (Å²) < 4.78 is 17.7. The van der Waals surface area contributed by atoms with E-state index in [2.05, 4.69) is 86.8 Å². The van der Waals surface area contributed by atoms with Gasteiger partial charge in [0, 0.05) is 6.42 Å². The van der Waals surface area contributed by atoms with Gasteiger partial charge >= 0.3 is 5.97 Å². The number of unbranched alkanes of at least 4 members (excludes halogenated alkanes) is 37. The van der Waals surface area contributed by atoms with Crippen molar-refractivity contribution in [2.24, 2.45) is 0 Å². The largest absolute Gasteiger partial charge is 0.454 e. The van der Waals surface area contributed by atoms with Crippen LogP contribution in [0.5, 0.6) is 0 Å². The Morgan fingerprint density at radius 3 is 1.24 bits per heavy atom. The van der Waals surface area contributed by atoms with Crippen LogP contribution >= 0.6 is 0 Å². The number of aliphatic hydroxyl groups excluding tert-OH is 5. The standard InChI is InChI=1S/C74H133NO10/c1-4-7-10-13-16-19-22-24-26-28-30-32-33-34-36-37-39-41-43-46-49-52-55-58-61-67(78)73(82)75-65(66(77)60-57-54-51-48-45-21-18-15-12-9-6-3)64-83-74-72(71(81)70(80)68(63-76)84-74)85-69(79)62-59-56-53-50-47-44-42-40-38-35-31-29-27-25-23-20-17-14-11-8-5-2/h16-17,19-20,24-27,31,35,57,60,65-68,70-72,74,76-78,80-81H,4-15,18,21-23,28-30,32-34,36-56,58-59,61-64H2,1-3H3,(H,75,82)/b19-16-,20-17-,26-24-,27-25-,35-31-,60-57+. The molecule has 1 heterocycles. The van der Waals surface area contributed by atoms with E-state index in [1.54, 1.807) is 6.08 Å². The molecular formula is C74H133NO10. The van der Waals surface area contributed by atoms with Crippen molar-refractivity contribution < 1.29 is 49.3 Å². The van der Waals surface area contributed by atoms with Crippen molar-refractivity contribution in [3.63, 3.8) is 0 Å². The van der Waals surface area contributed by atoms with E-state index in [-0.39, 0.29) is 19.4 Å². The average molecular weight is 1200 g/mol. The summed E-state index contributed by atoms with van der Waals surface area (Å²) in [4.78, 5) is 26.7. The van der Waals surface area contributed by atoms with Gasteiger partial charge < -0.3 is 45.1 Å². The third kappa shape index (κ3) is 48.7. The van der Waals surface area contributed by atoms with Gasteiger partial charge in [-0.15, -0.1) is 0 Å². The monoisotopic (exact) mass is 1200 g/mol. The van der Waals surface area contributed by atoms with Gasteiger partial charge in [0.05, 0.1) is 25.4 Å². The minimum atomic E-state index is -1.62. The topological polar surface area (TPSA) is 175 Å². The van der Waals surface area contributed by atoms with Gasteiger partial charge in [0.15, 0.2) is 12.4 Å². The van der Waals surface area contributed by atoms with Crippen molar-refractivity contribution in [3.8, 4) is 0 Å². The molecule has 1 rings (SSSR count). The molecule has 0 bridgehead atoms. The zero-order valence-electron chi connectivity index (χ0n) is 55.0. The van der Waals surface area contributed by atoms with Crippen LogP contribution in [0.25, 0.3) is 0 Å². The molecule has 1 aliphatic heterocycles. The highest BCUT2D eigenvalue weighted by molar-refractivity contribution is 5.80. The molecule has 85 heavy (non-hydrogen) atoms. The lowest BCUT2D eigenvalue weighted by Crippen LogP contribution is -2.61. The van der Waals surface area contributed by atoms with Crippen LogP contribution in [-0.2, 0) is 23.8 Å². The Labute approximate surface area is 521 Å². The van der Waals surface area contributed by atoms with Gasteiger partial charge in [-0.05, 0) is 96.3 Å². The number of hydrogen-bond donors (Lipinski definition) is 6. The molecule has 0 radical (unpaired) electrons. The maximum Gasteiger partial charge on any atom is 0.306 e. The van der Waals surface area contributed by atoms with Gasteiger partial charge in [-0.2, -0.15) is 0 Å². The van der Waals surface area contributed by atoms with Crippen molar-refractivity contribution in [3.05, 3.63) is 72.9 Å². The molecule has 11 nitrogen and oxygen atoms in total. The molecule has 1 saturated heterocycles.